The van der Waals surface area contributed by atoms with Gasteiger partial charge >= 0.3 is 12.1 Å². The van der Waals surface area contributed by atoms with Gasteiger partial charge in [0.05, 0.1) is 6.42 Å². The third-order valence-electron chi connectivity index (χ3n) is 5.60. The van der Waals surface area contributed by atoms with Crippen LogP contribution in [0.2, 0.25) is 0 Å². The molecule has 7 heteroatoms. The summed E-state index contributed by atoms with van der Waals surface area (Å²) in [6, 6.07) is 14.7. The summed E-state index contributed by atoms with van der Waals surface area (Å²) in [6.45, 7) is 7.22. The Bertz CT molecular complexity index is 966. The van der Waals surface area contributed by atoms with Gasteiger partial charge in [-0.25, -0.2) is 4.79 Å². The Balaban J connectivity index is 1.67. The topological polar surface area (TPSA) is 105 Å². The number of carbonyl (C=O) groups is 3. The summed E-state index contributed by atoms with van der Waals surface area (Å²) in [7, 11) is 0. The van der Waals surface area contributed by atoms with Crippen molar-refractivity contribution in [2.75, 3.05) is 6.61 Å². The van der Waals surface area contributed by atoms with Crippen LogP contribution in [-0.4, -0.2) is 41.8 Å². The molecule has 3 rings (SSSR count). The zero-order valence-electron chi connectivity index (χ0n) is 18.8. The van der Waals surface area contributed by atoms with Crippen LogP contribution < -0.4 is 10.6 Å². The number of ether oxygens (including phenoxy) is 1. The van der Waals surface area contributed by atoms with Gasteiger partial charge in [-0.15, -0.1) is 0 Å². The molecule has 170 valence electrons. The smallest absolute Gasteiger partial charge is 0.407 e. The fraction of sp³-hybridized carbons (Fsp3) is 0.400. The third kappa shape index (κ3) is 5.28. The van der Waals surface area contributed by atoms with Crippen molar-refractivity contribution in [2.45, 2.75) is 52.1 Å². The number of carbonyl (C=O) groups excluding carboxylic acids is 2. The van der Waals surface area contributed by atoms with Crippen LogP contribution in [0.5, 0.6) is 0 Å². The van der Waals surface area contributed by atoms with E-state index in [0.717, 1.165) is 22.3 Å². The van der Waals surface area contributed by atoms with Crippen LogP contribution in [0.25, 0.3) is 11.1 Å². The van der Waals surface area contributed by atoms with Gasteiger partial charge in [-0.05, 0) is 34.6 Å². The largest absolute Gasteiger partial charge is 0.481 e. The molecule has 1 aliphatic carbocycles. The number of alkyl carbamates (subject to hydrolysis) is 1. The lowest BCUT2D eigenvalue weighted by molar-refractivity contribution is -0.137. The lowest BCUT2D eigenvalue weighted by Gasteiger charge is -2.31. The number of hydrogen-bond acceptors (Lipinski definition) is 4. The summed E-state index contributed by atoms with van der Waals surface area (Å²) in [5.41, 5.74) is 3.88. The minimum Gasteiger partial charge on any atom is -0.481 e. The van der Waals surface area contributed by atoms with Crippen LogP contribution in [0, 0.1) is 5.41 Å². The quantitative estimate of drug-likeness (QED) is 0.608. The van der Waals surface area contributed by atoms with E-state index in [1.54, 1.807) is 6.92 Å². The van der Waals surface area contributed by atoms with E-state index in [-0.39, 0.29) is 18.9 Å². The average Bonchev–Trinajstić information content (AvgIpc) is 3.02. The van der Waals surface area contributed by atoms with E-state index in [9.17, 15) is 14.4 Å². The molecular formula is C25H30N2O5. The summed E-state index contributed by atoms with van der Waals surface area (Å²) < 4.78 is 5.56. The number of amides is 2. The zero-order chi connectivity index (χ0) is 23.5. The normalized spacial score (nSPS) is 14.6. The van der Waals surface area contributed by atoms with Gasteiger partial charge in [0.15, 0.2) is 0 Å². The molecule has 0 saturated heterocycles. The average molecular weight is 439 g/mol. The minimum absolute atomic E-state index is 0.0781. The van der Waals surface area contributed by atoms with Crippen molar-refractivity contribution < 1.29 is 24.2 Å². The summed E-state index contributed by atoms with van der Waals surface area (Å²) in [5.74, 6) is -1.53. The van der Waals surface area contributed by atoms with Crippen molar-refractivity contribution in [1.82, 2.24) is 10.6 Å². The second kappa shape index (κ2) is 9.42. The Hall–Kier alpha value is -3.35. The molecule has 0 heterocycles. The van der Waals surface area contributed by atoms with Crippen molar-refractivity contribution in [3.63, 3.8) is 0 Å². The monoisotopic (exact) mass is 438 g/mol. The third-order valence-corrected chi connectivity index (χ3v) is 5.60. The molecule has 0 spiro atoms. The van der Waals surface area contributed by atoms with Crippen LogP contribution in [0.15, 0.2) is 48.5 Å². The molecule has 2 aromatic carbocycles. The molecule has 0 fully saturated rings. The van der Waals surface area contributed by atoms with E-state index in [1.807, 2.05) is 57.2 Å². The second-order valence-corrected chi connectivity index (χ2v) is 9.28. The Labute approximate surface area is 188 Å². The molecule has 7 nitrogen and oxygen atoms in total. The van der Waals surface area contributed by atoms with Gasteiger partial charge in [0, 0.05) is 12.0 Å². The predicted octanol–water partition coefficient (Wildman–Crippen LogP) is 3.92. The van der Waals surface area contributed by atoms with E-state index >= 15 is 0 Å². The highest BCUT2D eigenvalue weighted by molar-refractivity contribution is 5.87. The molecule has 1 aliphatic rings. The van der Waals surface area contributed by atoms with Crippen LogP contribution >= 0.6 is 0 Å². The number of rotatable bonds is 7. The summed E-state index contributed by atoms with van der Waals surface area (Å²) in [4.78, 5) is 36.3. The Morgan fingerprint density at radius 3 is 2.00 bits per heavy atom. The predicted molar refractivity (Wildman–Crippen MR) is 121 cm³/mol. The number of fused-ring (bicyclic) bond motifs is 3. The number of hydrogen-bond donors (Lipinski definition) is 3. The van der Waals surface area contributed by atoms with Gasteiger partial charge in [-0.2, -0.15) is 0 Å². The standard InChI is InChI=1S/C25H30N2O5/c1-15(13-21(28)29)26-23(30)22(25(2,3)4)27-24(31)32-14-20-18-11-7-5-9-16(18)17-10-6-8-12-19(17)20/h5-12,15,20,22H,13-14H2,1-4H3,(H,26,30)(H,27,31)(H,28,29). The van der Waals surface area contributed by atoms with Crippen molar-refractivity contribution in [1.29, 1.82) is 0 Å². The number of carboxylic acids is 1. The number of carboxylic acid groups (broad SMARTS) is 1. The first-order valence-electron chi connectivity index (χ1n) is 10.7. The molecule has 0 bridgehead atoms. The molecule has 0 aromatic heterocycles. The fourth-order valence-electron chi connectivity index (χ4n) is 4.07. The summed E-state index contributed by atoms with van der Waals surface area (Å²) >= 11 is 0. The highest BCUT2D eigenvalue weighted by Crippen LogP contribution is 2.44. The van der Waals surface area contributed by atoms with E-state index < -0.39 is 35.5 Å². The number of aliphatic carboxylic acids is 1. The Kier molecular flexibility index (Phi) is 6.87. The van der Waals surface area contributed by atoms with Gasteiger partial charge in [0.25, 0.3) is 0 Å². The SMILES string of the molecule is CC(CC(=O)O)NC(=O)C(NC(=O)OCC1c2ccccc2-c2ccccc21)C(C)(C)C. The maximum atomic E-state index is 12.7. The highest BCUT2D eigenvalue weighted by Gasteiger charge is 2.35. The van der Waals surface area contributed by atoms with E-state index in [2.05, 4.69) is 22.8 Å². The molecular weight excluding hydrogens is 408 g/mol. The molecule has 0 saturated carbocycles. The lowest BCUT2D eigenvalue weighted by atomic mass is 9.86. The Morgan fingerprint density at radius 1 is 0.969 bits per heavy atom. The minimum atomic E-state index is -1.00. The van der Waals surface area contributed by atoms with E-state index in [1.165, 1.54) is 0 Å². The Morgan fingerprint density at radius 2 is 1.50 bits per heavy atom. The van der Waals surface area contributed by atoms with Crippen LogP contribution in [0.3, 0.4) is 0 Å². The van der Waals surface area contributed by atoms with Gasteiger partial charge in [0.2, 0.25) is 5.91 Å². The molecule has 2 unspecified atom stereocenters. The molecule has 2 amide bonds. The van der Waals surface area contributed by atoms with E-state index in [0.29, 0.717) is 0 Å². The second-order valence-electron chi connectivity index (χ2n) is 9.28. The number of benzene rings is 2. The van der Waals surface area contributed by atoms with Crippen molar-refractivity contribution in [3.05, 3.63) is 59.7 Å². The first-order chi connectivity index (χ1) is 15.1. The molecule has 0 aliphatic heterocycles. The van der Waals surface area contributed by atoms with Crippen molar-refractivity contribution in [3.8, 4) is 11.1 Å². The van der Waals surface area contributed by atoms with Gasteiger partial charge in [-0.3, -0.25) is 9.59 Å². The van der Waals surface area contributed by atoms with Crippen molar-refractivity contribution >= 4 is 18.0 Å². The molecule has 0 radical (unpaired) electrons. The fourth-order valence-corrected chi connectivity index (χ4v) is 4.07. The van der Waals surface area contributed by atoms with Crippen molar-refractivity contribution in [2.24, 2.45) is 5.41 Å². The van der Waals surface area contributed by atoms with Crippen LogP contribution in [-0.2, 0) is 14.3 Å². The van der Waals surface area contributed by atoms with E-state index in [4.69, 9.17) is 9.84 Å². The maximum Gasteiger partial charge on any atom is 0.407 e. The van der Waals surface area contributed by atoms with Gasteiger partial charge in [-0.1, -0.05) is 69.3 Å². The molecule has 2 atom stereocenters. The molecule has 32 heavy (non-hydrogen) atoms. The summed E-state index contributed by atoms with van der Waals surface area (Å²) in [6.07, 6.45) is -0.888. The zero-order valence-corrected chi connectivity index (χ0v) is 18.8. The van der Waals surface area contributed by atoms with Gasteiger partial charge < -0.3 is 20.5 Å². The number of nitrogens with one attached hydrogen (secondary N) is 2. The summed E-state index contributed by atoms with van der Waals surface area (Å²) in [5, 5.41) is 14.2. The highest BCUT2D eigenvalue weighted by atomic mass is 16.5. The lowest BCUT2D eigenvalue weighted by Crippen LogP contribution is -2.55. The van der Waals surface area contributed by atoms with Crippen LogP contribution in [0.1, 0.15) is 51.2 Å². The van der Waals surface area contributed by atoms with Crippen LogP contribution in [0.4, 0.5) is 4.79 Å². The molecule has 3 N–H and O–H groups in total. The van der Waals surface area contributed by atoms with Gasteiger partial charge in [0.1, 0.15) is 12.6 Å². The first-order valence-corrected chi connectivity index (χ1v) is 10.7. The first kappa shape index (κ1) is 23.3. The molecule has 2 aromatic rings. The maximum absolute atomic E-state index is 12.7.